The van der Waals surface area contributed by atoms with Gasteiger partial charge in [-0.3, -0.25) is 4.68 Å². The van der Waals surface area contributed by atoms with E-state index in [-0.39, 0.29) is 0 Å². The van der Waals surface area contributed by atoms with Crippen molar-refractivity contribution in [1.29, 1.82) is 0 Å². The molecule has 1 aromatic rings. The van der Waals surface area contributed by atoms with Gasteiger partial charge in [0.2, 0.25) is 0 Å². The fourth-order valence-corrected chi connectivity index (χ4v) is 4.20. The first-order valence-electron chi connectivity index (χ1n) is 6.53. The van der Waals surface area contributed by atoms with Gasteiger partial charge < -0.3 is 5.32 Å². The lowest BCUT2D eigenvalue weighted by atomic mass is 9.92. The van der Waals surface area contributed by atoms with Crippen LogP contribution in [0.3, 0.4) is 0 Å². The molecule has 1 aromatic heterocycles. The first-order valence-corrected chi connectivity index (χ1v) is 7.52. The van der Waals surface area contributed by atoms with Crippen molar-refractivity contribution in [2.24, 2.45) is 0 Å². The molecule has 96 valence electrons. The first-order chi connectivity index (χ1) is 8.19. The van der Waals surface area contributed by atoms with Gasteiger partial charge in [-0.15, -0.1) is 0 Å². The number of thioether (sulfide) groups is 1. The Bertz CT molecular complexity index is 355. The van der Waals surface area contributed by atoms with Crippen LogP contribution in [0.5, 0.6) is 0 Å². The fourth-order valence-electron chi connectivity index (χ4n) is 2.73. The molecular weight excluding hydrogens is 230 g/mol. The van der Waals surface area contributed by atoms with Crippen LogP contribution in [0.2, 0.25) is 0 Å². The molecule has 0 aliphatic carbocycles. The predicted molar refractivity (Wildman–Crippen MR) is 74.4 cm³/mol. The van der Waals surface area contributed by atoms with Crippen LogP contribution in [0.4, 0.5) is 0 Å². The van der Waals surface area contributed by atoms with E-state index in [1.54, 1.807) is 0 Å². The molecule has 0 spiro atoms. The molecule has 0 bridgehead atoms. The lowest BCUT2D eigenvalue weighted by molar-refractivity contribution is 0.440. The molecule has 1 aliphatic heterocycles. The summed E-state index contributed by atoms with van der Waals surface area (Å²) in [6.45, 7) is 5.58. The van der Waals surface area contributed by atoms with E-state index in [1.807, 2.05) is 6.20 Å². The van der Waals surface area contributed by atoms with E-state index in [0.29, 0.717) is 10.8 Å². The normalized spacial score (nSPS) is 26.3. The minimum Gasteiger partial charge on any atom is -0.312 e. The Hall–Kier alpha value is -0.480. The Morgan fingerprint density at radius 1 is 1.65 bits per heavy atom. The van der Waals surface area contributed by atoms with Crippen molar-refractivity contribution in [2.45, 2.75) is 50.4 Å². The van der Waals surface area contributed by atoms with Gasteiger partial charge in [0, 0.05) is 29.1 Å². The molecule has 0 radical (unpaired) electrons. The van der Waals surface area contributed by atoms with Gasteiger partial charge in [-0.2, -0.15) is 16.9 Å². The zero-order valence-electron chi connectivity index (χ0n) is 11.1. The van der Waals surface area contributed by atoms with Crippen LogP contribution in [0.1, 0.15) is 44.7 Å². The highest BCUT2D eigenvalue weighted by atomic mass is 32.2. The molecule has 17 heavy (non-hydrogen) atoms. The number of aryl methyl sites for hydroxylation is 1. The second kappa shape index (κ2) is 5.44. The second-order valence-electron chi connectivity index (χ2n) is 5.02. The Morgan fingerprint density at radius 3 is 3.06 bits per heavy atom. The van der Waals surface area contributed by atoms with Gasteiger partial charge in [0.05, 0.1) is 6.20 Å². The summed E-state index contributed by atoms with van der Waals surface area (Å²) in [6, 6.07) is 0.417. The summed E-state index contributed by atoms with van der Waals surface area (Å²) in [4.78, 5) is 0. The molecule has 1 N–H and O–H groups in total. The summed E-state index contributed by atoms with van der Waals surface area (Å²) >= 11 is 2.10. The van der Waals surface area contributed by atoms with Gasteiger partial charge >= 0.3 is 0 Å². The summed E-state index contributed by atoms with van der Waals surface area (Å²) in [7, 11) is 2.06. The monoisotopic (exact) mass is 253 g/mol. The molecule has 0 amide bonds. The fraction of sp³-hybridized carbons (Fsp3) is 0.769. The molecule has 1 fully saturated rings. The number of rotatable bonds is 5. The lowest BCUT2D eigenvalue weighted by Gasteiger charge is -2.32. The van der Waals surface area contributed by atoms with Gasteiger partial charge in [0.1, 0.15) is 0 Å². The van der Waals surface area contributed by atoms with Crippen molar-refractivity contribution in [3.05, 3.63) is 18.0 Å². The minimum atomic E-state index is 0.328. The van der Waals surface area contributed by atoms with Gasteiger partial charge in [-0.25, -0.2) is 0 Å². The predicted octanol–water partition coefficient (Wildman–Crippen LogP) is 2.84. The molecular formula is C13H23N3S. The standard InChI is InChI=1S/C13H23N3S/c1-4-7-16-10-11(9-15-16)12(14-3)13(2)6-5-8-17-13/h9-10,12,14H,4-8H2,1-3H3. The number of nitrogens with one attached hydrogen (secondary N) is 1. The van der Waals surface area contributed by atoms with Crippen LogP contribution in [0, 0.1) is 0 Å². The molecule has 1 saturated heterocycles. The SMILES string of the molecule is CCCn1cc(C(NC)C2(C)CCCS2)cn1. The van der Waals surface area contributed by atoms with E-state index in [9.17, 15) is 0 Å². The number of nitrogens with zero attached hydrogens (tertiary/aromatic N) is 2. The van der Waals surface area contributed by atoms with E-state index in [2.05, 4.69) is 54.0 Å². The van der Waals surface area contributed by atoms with Crippen molar-refractivity contribution in [3.8, 4) is 0 Å². The van der Waals surface area contributed by atoms with Crippen molar-refractivity contribution in [3.63, 3.8) is 0 Å². The quantitative estimate of drug-likeness (QED) is 0.875. The van der Waals surface area contributed by atoms with E-state index in [1.165, 1.54) is 24.2 Å². The highest BCUT2D eigenvalue weighted by Crippen LogP contribution is 2.46. The molecule has 0 aromatic carbocycles. The van der Waals surface area contributed by atoms with Crippen LogP contribution >= 0.6 is 11.8 Å². The average molecular weight is 253 g/mol. The minimum absolute atomic E-state index is 0.328. The molecule has 3 nitrogen and oxygen atoms in total. The van der Waals surface area contributed by atoms with Crippen molar-refractivity contribution in [2.75, 3.05) is 12.8 Å². The number of aromatic nitrogens is 2. The van der Waals surface area contributed by atoms with Gasteiger partial charge in [-0.05, 0) is 39.0 Å². The van der Waals surface area contributed by atoms with Crippen LogP contribution in [-0.2, 0) is 6.54 Å². The zero-order chi connectivity index (χ0) is 12.3. The zero-order valence-corrected chi connectivity index (χ0v) is 11.9. The van der Waals surface area contributed by atoms with E-state index >= 15 is 0 Å². The molecule has 4 heteroatoms. The largest absolute Gasteiger partial charge is 0.312 e. The van der Waals surface area contributed by atoms with E-state index in [4.69, 9.17) is 0 Å². The van der Waals surface area contributed by atoms with Crippen LogP contribution in [0.15, 0.2) is 12.4 Å². The molecule has 2 rings (SSSR count). The van der Waals surface area contributed by atoms with E-state index < -0.39 is 0 Å². The summed E-state index contributed by atoms with van der Waals surface area (Å²) < 4.78 is 2.39. The Morgan fingerprint density at radius 2 is 2.47 bits per heavy atom. The average Bonchev–Trinajstić information content (AvgIpc) is 2.91. The Balaban J connectivity index is 2.16. The van der Waals surface area contributed by atoms with Crippen molar-refractivity contribution in [1.82, 2.24) is 15.1 Å². The van der Waals surface area contributed by atoms with Gasteiger partial charge in [-0.1, -0.05) is 6.92 Å². The Kier molecular flexibility index (Phi) is 4.15. The third-order valence-electron chi connectivity index (χ3n) is 3.59. The number of hydrogen-bond donors (Lipinski definition) is 1. The summed E-state index contributed by atoms with van der Waals surface area (Å²) in [5.41, 5.74) is 1.33. The topological polar surface area (TPSA) is 29.9 Å². The third-order valence-corrected chi connectivity index (χ3v) is 5.18. The smallest absolute Gasteiger partial charge is 0.0538 e. The first kappa shape index (κ1) is 13.0. The highest BCUT2D eigenvalue weighted by molar-refractivity contribution is 8.00. The Labute approximate surface area is 108 Å². The lowest BCUT2D eigenvalue weighted by Crippen LogP contribution is -2.35. The molecule has 2 heterocycles. The summed E-state index contributed by atoms with van der Waals surface area (Å²) in [6.07, 6.45) is 8.00. The molecule has 2 unspecified atom stereocenters. The van der Waals surface area contributed by atoms with Crippen molar-refractivity contribution >= 4 is 11.8 Å². The molecule has 2 atom stereocenters. The molecule has 1 aliphatic rings. The van der Waals surface area contributed by atoms with Crippen LogP contribution < -0.4 is 5.32 Å². The van der Waals surface area contributed by atoms with Crippen LogP contribution in [-0.4, -0.2) is 27.3 Å². The maximum absolute atomic E-state index is 4.44. The van der Waals surface area contributed by atoms with Crippen LogP contribution in [0.25, 0.3) is 0 Å². The second-order valence-corrected chi connectivity index (χ2v) is 6.65. The summed E-state index contributed by atoms with van der Waals surface area (Å²) in [5.74, 6) is 1.29. The van der Waals surface area contributed by atoms with Crippen molar-refractivity contribution < 1.29 is 0 Å². The molecule has 0 saturated carbocycles. The third kappa shape index (κ3) is 2.68. The summed E-state index contributed by atoms with van der Waals surface area (Å²) in [5, 5.41) is 7.93. The maximum Gasteiger partial charge on any atom is 0.0538 e. The van der Waals surface area contributed by atoms with E-state index in [0.717, 1.165) is 13.0 Å². The van der Waals surface area contributed by atoms with Gasteiger partial charge in [0.15, 0.2) is 0 Å². The number of hydrogen-bond acceptors (Lipinski definition) is 3. The van der Waals surface area contributed by atoms with Gasteiger partial charge in [0.25, 0.3) is 0 Å². The highest BCUT2D eigenvalue weighted by Gasteiger charge is 2.38. The maximum atomic E-state index is 4.44.